The van der Waals surface area contributed by atoms with E-state index in [1.54, 1.807) is 16.7 Å². The molecule has 2 aliphatic carbocycles. The highest BCUT2D eigenvalue weighted by Gasteiger charge is 2.29. The van der Waals surface area contributed by atoms with E-state index in [1.807, 2.05) is 0 Å². The van der Waals surface area contributed by atoms with E-state index in [2.05, 4.69) is 38.1 Å². The molecule has 1 nitrogen and oxygen atoms in total. The lowest BCUT2D eigenvalue weighted by Crippen LogP contribution is -2.29. The summed E-state index contributed by atoms with van der Waals surface area (Å²) in [6.07, 6.45) is 8.15. The molecule has 2 atom stereocenters. The molecule has 98 valence electrons. The van der Waals surface area contributed by atoms with Gasteiger partial charge in [0.1, 0.15) is 0 Å². The average Bonchev–Trinajstić information content (AvgIpc) is 2.50. The minimum Gasteiger partial charge on any atom is -0.306 e. The van der Waals surface area contributed by atoms with Crippen molar-refractivity contribution in [1.29, 1.82) is 0 Å². The smallest absolute Gasteiger partial charge is 0.0130 e. The molecule has 0 fully saturated rings. The van der Waals surface area contributed by atoms with Crippen LogP contribution in [0.1, 0.15) is 53.9 Å². The minimum atomic E-state index is 0.737. The van der Waals surface area contributed by atoms with E-state index in [9.17, 15) is 0 Å². The van der Waals surface area contributed by atoms with Crippen LogP contribution in [-0.4, -0.2) is 25.0 Å². The second-order valence-electron chi connectivity index (χ2n) is 6.48. The number of hydrogen-bond donors (Lipinski definition) is 0. The van der Waals surface area contributed by atoms with Crippen LogP contribution in [0.5, 0.6) is 0 Å². The molecule has 3 rings (SSSR count). The van der Waals surface area contributed by atoms with Gasteiger partial charge >= 0.3 is 0 Å². The van der Waals surface area contributed by atoms with Gasteiger partial charge in [-0.3, -0.25) is 0 Å². The molecule has 1 heteroatoms. The quantitative estimate of drug-likeness (QED) is 0.727. The Labute approximate surface area is 111 Å². The first-order valence-corrected chi connectivity index (χ1v) is 7.44. The predicted octanol–water partition coefficient (Wildman–Crippen LogP) is 3.68. The van der Waals surface area contributed by atoms with Crippen LogP contribution in [0.25, 0.3) is 0 Å². The van der Waals surface area contributed by atoms with E-state index >= 15 is 0 Å². The number of aryl methyl sites for hydroxylation is 2. The van der Waals surface area contributed by atoms with Gasteiger partial charge in [-0.15, -0.1) is 0 Å². The van der Waals surface area contributed by atoms with Gasteiger partial charge in [0, 0.05) is 6.04 Å². The van der Waals surface area contributed by atoms with Crippen LogP contribution >= 0.6 is 0 Å². The third-order valence-corrected chi connectivity index (χ3v) is 4.94. The highest BCUT2D eigenvalue weighted by atomic mass is 15.1. The molecule has 0 bridgehead atoms. The fourth-order valence-electron chi connectivity index (χ4n) is 4.02. The van der Waals surface area contributed by atoms with Crippen molar-refractivity contribution < 1.29 is 0 Å². The standard InChI is InChI=1S/C17H25N/c1-12-9-14-6-4-5-13-7-8-16(18(2)3)11-15(10-12)17(13)14/h9-10,13,16H,4-8,11H2,1-3H3. The number of nitrogens with zero attached hydrogens (tertiary/aromatic N) is 1. The Morgan fingerprint density at radius 2 is 1.83 bits per heavy atom. The van der Waals surface area contributed by atoms with Crippen molar-refractivity contribution in [2.75, 3.05) is 14.1 Å². The largest absolute Gasteiger partial charge is 0.306 e. The van der Waals surface area contributed by atoms with Crippen molar-refractivity contribution in [2.24, 2.45) is 0 Å². The molecule has 0 saturated carbocycles. The van der Waals surface area contributed by atoms with E-state index in [0.29, 0.717) is 0 Å². The number of likely N-dealkylation sites (N-methyl/N-ethyl adjacent to an activating group) is 1. The van der Waals surface area contributed by atoms with E-state index < -0.39 is 0 Å². The van der Waals surface area contributed by atoms with Gasteiger partial charge in [0.05, 0.1) is 0 Å². The van der Waals surface area contributed by atoms with Gasteiger partial charge < -0.3 is 4.90 Å². The van der Waals surface area contributed by atoms with E-state index in [-0.39, 0.29) is 0 Å². The summed E-state index contributed by atoms with van der Waals surface area (Å²) in [5.41, 5.74) is 6.53. The summed E-state index contributed by atoms with van der Waals surface area (Å²) in [6.45, 7) is 2.26. The fraction of sp³-hybridized carbons (Fsp3) is 0.647. The summed E-state index contributed by atoms with van der Waals surface area (Å²) in [6, 6.07) is 5.64. The Bertz CT molecular complexity index is 447. The number of rotatable bonds is 1. The van der Waals surface area contributed by atoms with Gasteiger partial charge in [-0.1, -0.05) is 17.7 Å². The van der Waals surface area contributed by atoms with Crippen molar-refractivity contribution in [2.45, 2.75) is 57.4 Å². The highest BCUT2D eigenvalue weighted by Crippen LogP contribution is 2.41. The van der Waals surface area contributed by atoms with Crippen LogP contribution in [-0.2, 0) is 12.8 Å². The summed E-state index contributed by atoms with van der Waals surface area (Å²) in [5.74, 6) is 0.856. The normalized spacial score (nSPS) is 26.9. The number of hydrogen-bond acceptors (Lipinski definition) is 1. The first kappa shape index (κ1) is 12.2. The Morgan fingerprint density at radius 1 is 1.06 bits per heavy atom. The molecule has 0 spiro atoms. The lowest BCUT2D eigenvalue weighted by molar-refractivity contribution is 0.271. The molecule has 0 heterocycles. The van der Waals surface area contributed by atoms with Crippen molar-refractivity contribution in [3.63, 3.8) is 0 Å². The van der Waals surface area contributed by atoms with Crippen molar-refractivity contribution in [1.82, 2.24) is 4.90 Å². The summed E-state index contributed by atoms with van der Waals surface area (Å²) in [7, 11) is 4.47. The Morgan fingerprint density at radius 3 is 2.61 bits per heavy atom. The van der Waals surface area contributed by atoms with Crippen LogP contribution in [0.3, 0.4) is 0 Å². The average molecular weight is 243 g/mol. The lowest BCUT2D eigenvalue weighted by atomic mass is 9.78. The third kappa shape index (κ3) is 2.09. The van der Waals surface area contributed by atoms with Crippen LogP contribution in [0.4, 0.5) is 0 Å². The molecule has 0 aromatic heterocycles. The maximum absolute atomic E-state index is 2.46. The summed E-state index contributed by atoms with van der Waals surface area (Å²) in [5, 5.41) is 0. The maximum atomic E-state index is 2.46. The zero-order valence-corrected chi connectivity index (χ0v) is 12.0. The second kappa shape index (κ2) is 4.70. The lowest BCUT2D eigenvalue weighted by Gasteiger charge is -2.26. The highest BCUT2D eigenvalue weighted by molar-refractivity contribution is 5.44. The molecular formula is C17H25N. The minimum absolute atomic E-state index is 0.737. The molecule has 0 saturated heterocycles. The molecular weight excluding hydrogens is 218 g/mol. The summed E-state index contributed by atoms with van der Waals surface area (Å²) in [4.78, 5) is 2.42. The SMILES string of the molecule is Cc1cc2c3c(c1)CC(N(C)C)CCC3CCC2. The predicted molar refractivity (Wildman–Crippen MR) is 77.3 cm³/mol. The van der Waals surface area contributed by atoms with Crippen molar-refractivity contribution in [3.8, 4) is 0 Å². The molecule has 1 aromatic rings. The Balaban J connectivity index is 2.05. The van der Waals surface area contributed by atoms with E-state index in [4.69, 9.17) is 0 Å². The van der Waals surface area contributed by atoms with Gasteiger partial charge in [-0.05, 0) is 82.2 Å². The van der Waals surface area contributed by atoms with Gasteiger partial charge in [0.15, 0.2) is 0 Å². The third-order valence-electron chi connectivity index (χ3n) is 4.94. The summed E-state index contributed by atoms with van der Waals surface area (Å²) < 4.78 is 0. The zero-order valence-electron chi connectivity index (χ0n) is 12.0. The maximum Gasteiger partial charge on any atom is 0.0130 e. The first-order chi connectivity index (χ1) is 8.65. The number of benzene rings is 1. The monoisotopic (exact) mass is 243 g/mol. The topological polar surface area (TPSA) is 3.24 Å². The second-order valence-corrected chi connectivity index (χ2v) is 6.48. The molecule has 2 unspecified atom stereocenters. The van der Waals surface area contributed by atoms with Gasteiger partial charge in [-0.25, -0.2) is 0 Å². The zero-order chi connectivity index (χ0) is 12.7. The van der Waals surface area contributed by atoms with Crippen LogP contribution in [0.2, 0.25) is 0 Å². The van der Waals surface area contributed by atoms with Crippen LogP contribution in [0.15, 0.2) is 12.1 Å². The van der Waals surface area contributed by atoms with Gasteiger partial charge in [0.2, 0.25) is 0 Å². The van der Waals surface area contributed by atoms with E-state index in [0.717, 1.165) is 12.0 Å². The molecule has 18 heavy (non-hydrogen) atoms. The molecule has 0 N–H and O–H groups in total. The van der Waals surface area contributed by atoms with Gasteiger partial charge in [-0.2, -0.15) is 0 Å². The van der Waals surface area contributed by atoms with Gasteiger partial charge in [0.25, 0.3) is 0 Å². The molecule has 0 aliphatic heterocycles. The Kier molecular flexibility index (Phi) is 3.19. The van der Waals surface area contributed by atoms with Crippen molar-refractivity contribution >= 4 is 0 Å². The summed E-state index contributed by atoms with van der Waals surface area (Å²) >= 11 is 0. The first-order valence-electron chi connectivity index (χ1n) is 7.44. The molecule has 0 amide bonds. The molecule has 2 aliphatic rings. The molecule has 1 aromatic carbocycles. The van der Waals surface area contributed by atoms with Crippen LogP contribution in [0, 0.1) is 6.92 Å². The Hall–Kier alpha value is -0.820. The fourth-order valence-corrected chi connectivity index (χ4v) is 4.02. The molecule has 0 radical (unpaired) electrons. The van der Waals surface area contributed by atoms with Crippen LogP contribution < -0.4 is 0 Å². The van der Waals surface area contributed by atoms with Crippen molar-refractivity contribution in [3.05, 3.63) is 34.4 Å². The van der Waals surface area contributed by atoms with E-state index in [1.165, 1.54) is 44.1 Å².